The highest BCUT2D eigenvalue weighted by atomic mass is 32.1. The van der Waals surface area contributed by atoms with Gasteiger partial charge in [0, 0.05) is 24.8 Å². The van der Waals surface area contributed by atoms with Crippen LogP contribution in [0, 0.1) is 0 Å². The van der Waals surface area contributed by atoms with Crippen molar-refractivity contribution in [2.24, 2.45) is 0 Å². The number of aromatic nitrogens is 2. The standard InChI is InChI=1S/C18H23N5O4S/c1-26-13-7-6-12(10-14(13)27-2)19-17(25)20-18-22-21-15(28-18)11-16(24)23-8-4-3-5-9-23/h6-7,10H,3-5,8-9,11H2,1-2H3,(H2,19,20,22,25). The quantitative estimate of drug-likeness (QED) is 0.766. The van der Waals surface area contributed by atoms with Crippen LogP contribution in [0.4, 0.5) is 15.6 Å². The molecule has 2 aromatic rings. The molecule has 0 radical (unpaired) electrons. The molecule has 0 atom stereocenters. The highest BCUT2D eigenvalue weighted by molar-refractivity contribution is 7.15. The molecule has 9 nitrogen and oxygen atoms in total. The molecule has 1 saturated heterocycles. The van der Waals surface area contributed by atoms with E-state index in [1.54, 1.807) is 25.3 Å². The molecule has 0 saturated carbocycles. The number of carbonyl (C=O) groups is 2. The molecule has 0 aliphatic carbocycles. The van der Waals surface area contributed by atoms with Gasteiger partial charge in [-0.25, -0.2) is 4.79 Å². The van der Waals surface area contributed by atoms with Crippen molar-refractivity contribution < 1.29 is 19.1 Å². The lowest BCUT2D eigenvalue weighted by atomic mass is 10.1. The fourth-order valence-corrected chi connectivity index (χ4v) is 3.66. The van der Waals surface area contributed by atoms with Crippen LogP contribution in [-0.2, 0) is 11.2 Å². The van der Waals surface area contributed by atoms with E-state index < -0.39 is 6.03 Å². The van der Waals surface area contributed by atoms with Crippen LogP contribution < -0.4 is 20.1 Å². The molecule has 150 valence electrons. The average molecular weight is 405 g/mol. The number of benzene rings is 1. The molecule has 1 aliphatic heterocycles. The summed E-state index contributed by atoms with van der Waals surface area (Å²) in [5.41, 5.74) is 0.542. The maximum atomic E-state index is 12.3. The van der Waals surface area contributed by atoms with Gasteiger partial charge in [-0.15, -0.1) is 10.2 Å². The zero-order chi connectivity index (χ0) is 19.9. The average Bonchev–Trinajstić information content (AvgIpc) is 3.14. The van der Waals surface area contributed by atoms with Gasteiger partial charge in [0.15, 0.2) is 11.5 Å². The van der Waals surface area contributed by atoms with Crippen molar-refractivity contribution in [1.29, 1.82) is 0 Å². The van der Waals surface area contributed by atoms with E-state index in [1.807, 2.05) is 4.90 Å². The van der Waals surface area contributed by atoms with Crippen LogP contribution in [0.3, 0.4) is 0 Å². The van der Waals surface area contributed by atoms with E-state index in [0.717, 1.165) is 25.9 Å². The molecule has 0 bridgehead atoms. The first kappa shape index (κ1) is 19.9. The lowest BCUT2D eigenvalue weighted by molar-refractivity contribution is -0.131. The molecule has 28 heavy (non-hydrogen) atoms. The van der Waals surface area contributed by atoms with Gasteiger partial charge >= 0.3 is 6.03 Å². The third-order valence-corrected chi connectivity index (χ3v) is 5.18. The minimum Gasteiger partial charge on any atom is -0.493 e. The summed E-state index contributed by atoms with van der Waals surface area (Å²) in [4.78, 5) is 26.3. The minimum absolute atomic E-state index is 0.0529. The molecule has 2 heterocycles. The molecule has 1 fully saturated rings. The Morgan fingerprint density at radius 3 is 2.54 bits per heavy atom. The van der Waals surface area contributed by atoms with Gasteiger partial charge in [0.1, 0.15) is 5.01 Å². The SMILES string of the molecule is COc1ccc(NC(=O)Nc2nnc(CC(=O)N3CCCCC3)s2)cc1OC. The predicted octanol–water partition coefficient (Wildman–Crippen LogP) is 2.75. The number of hydrogen-bond donors (Lipinski definition) is 2. The van der Waals surface area contributed by atoms with Gasteiger partial charge in [-0.2, -0.15) is 0 Å². The van der Waals surface area contributed by atoms with Crippen LogP contribution in [-0.4, -0.2) is 54.3 Å². The van der Waals surface area contributed by atoms with E-state index in [-0.39, 0.29) is 12.3 Å². The second-order valence-electron chi connectivity index (χ2n) is 6.27. The number of hydrogen-bond acceptors (Lipinski definition) is 7. The van der Waals surface area contributed by atoms with Crippen LogP contribution in [0.2, 0.25) is 0 Å². The Labute approximate surface area is 167 Å². The van der Waals surface area contributed by atoms with Crippen LogP contribution in [0.5, 0.6) is 11.5 Å². The first-order valence-electron chi connectivity index (χ1n) is 8.99. The van der Waals surface area contributed by atoms with Crippen LogP contribution >= 0.6 is 11.3 Å². The summed E-state index contributed by atoms with van der Waals surface area (Å²) in [6.45, 7) is 1.60. The Morgan fingerprint density at radius 2 is 1.82 bits per heavy atom. The zero-order valence-electron chi connectivity index (χ0n) is 15.9. The number of anilines is 2. The second kappa shape index (κ2) is 9.36. The lowest BCUT2D eigenvalue weighted by Gasteiger charge is -2.26. The summed E-state index contributed by atoms with van der Waals surface area (Å²) in [6, 6.07) is 4.59. The Morgan fingerprint density at radius 1 is 1.07 bits per heavy atom. The van der Waals surface area contributed by atoms with Crippen LogP contribution in [0.25, 0.3) is 0 Å². The Bertz CT molecular complexity index is 835. The van der Waals surface area contributed by atoms with Crippen molar-refractivity contribution in [3.8, 4) is 11.5 Å². The van der Waals surface area contributed by atoms with Crippen molar-refractivity contribution in [3.63, 3.8) is 0 Å². The number of rotatable bonds is 6. The fraction of sp³-hybridized carbons (Fsp3) is 0.444. The van der Waals surface area contributed by atoms with Gasteiger partial charge in [0.25, 0.3) is 0 Å². The summed E-state index contributed by atoms with van der Waals surface area (Å²) in [5.74, 6) is 1.13. The fourth-order valence-electron chi connectivity index (χ4n) is 2.93. The Balaban J connectivity index is 1.54. The highest BCUT2D eigenvalue weighted by Gasteiger charge is 2.19. The van der Waals surface area contributed by atoms with Crippen LogP contribution in [0.1, 0.15) is 24.3 Å². The topological polar surface area (TPSA) is 106 Å². The number of nitrogens with one attached hydrogen (secondary N) is 2. The maximum absolute atomic E-state index is 12.3. The molecular weight excluding hydrogens is 382 g/mol. The van der Waals surface area contributed by atoms with Crippen molar-refractivity contribution >= 4 is 34.1 Å². The summed E-state index contributed by atoms with van der Waals surface area (Å²) in [6.07, 6.45) is 3.47. The van der Waals surface area contributed by atoms with E-state index >= 15 is 0 Å². The highest BCUT2D eigenvalue weighted by Crippen LogP contribution is 2.29. The van der Waals surface area contributed by atoms with E-state index in [2.05, 4.69) is 20.8 Å². The summed E-state index contributed by atoms with van der Waals surface area (Å²) >= 11 is 1.19. The monoisotopic (exact) mass is 405 g/mol. The van der Waals surface area contributed by atoms with E-state index in [0.29, 0.717) is 27.3 Å². The molecule has 1 aliphatic rings. The van der Waals surface area contributed by atoms with Crippen molar-refractivity contribution in [2.45, 2.75) is 25.7 Å². The number of urea groups is 1. The van der Waals surface area contributed by atoms with Gasteiger partial charge in [0.05, 0.1) is 20.6 Å². The van der Waals surface area contributed by atoms with Crippen LogP contribution in [0.15, 0.2) is 18.2 Å². The smallest absolute Gasteiger partial charge is 0.325 e. The third kappa shape index (κ3) is 5.10. The van der Waals surface area contributed by atoms with E-state index in [9.17, 15) is 9.59 Å². The van der Waals surface area contributed by atoms with Crippen molar-refractivity contribution in [3.05, 3.63) is 23.2 Å². The number of likely N-dealkylation sites (tertiary alicyclic amines) is 1. The van der Waals surface area contributed by atoms with Gasteiger partial charge in [-0.05, 0) is 31.4 Å². The van der Waals surface area contributed by atoms with E-state index in [4.69, 9.17) is 9.47 Å². The molecule has 0 unspecified atom stereocenters. The largest absolute Gasteiger partial charge is 0.493 e. The molecule has 1 aromatic carbocycles. The van der Waals surface area contributed by atoms with Gasteiger partial charge in [-0.3, -0.25) is 10.1 Å². The Kier molecular flexibility index (Phi) is 6.64. The Hall–Kier alpha value is -2.88. The third-order valence-electron chi connectivity index (χ3n) is 4.34. The first-order chi connectivity index (χ1) is 13.6. The molecule has 0 spiro atoms. The first-order valence-corrected chi connectivity index (χ1v) is 9.81. The lowest BCUT2D eigenvalue weighted by Crippen LogP contribution is -2.36. The number of ether oxygens (including phenoxy) is 2. The van der Waals surface area contributed by atoms with Gasteiger partial charge < -0.3 is 19.7 Å². The minimum atomic E-state index is -0.461. The van der Waals surface area contributed by atoms with Gasteiger partial charge in [0.2, 0.25) is 11.0 Å². The number of piperidine rings is 1. The van der Waals surface area contributed by atoms with Crippen molar-refractivity contribution in [2.75, 3.05) is 37.9 Å². The second-order valence-corrected chi connectivity index (χ2v) is 7.33. The molecule has 2 N–H and O–H groups in total. The normalized spacial score (nSPS) is 13.7. The summed E-state index contributed by atoms with van der Waals surface area (Å²) in [7, 11) is 3.07. The molecule has 1 aromatic heterocycles. The maximum Gasteiger partial charge on any atom is 0.325 e. The number of nitrogens with zero attached hydrogens (tertiary/aromatic N) is 3. The number of methoxy groups -OCH3 is 2. The summed E-state index contributed by atoms with van der Waals surface area (Å²) in [5, 5.41) is 14.2. The summed E-state index contributed by atoms with van der Waals surface area (Å²) < 4.78 is 10.4. The predicted molar refractivity (Wildman–Crippen MR) is 106 cm³/mol. The molecule has 10 heteroatoms. The van der Waals surface area contributed by atoms with E-state index in [1.165, 1.54) is 24.9 Å². The number of amides is 3. The van der Waals surface area contributed by atoms with Crippen molar-refractivity contribution in [1.82, 2.24) is 15.1 Å². The zero-order valence-corrected chi connectivity index (χ0v) is 16.7. The molecule has 3 rings (SSSR count). The van der Waals surface area contributed by atoms with Gasteiger partial charge in [-0.1, -0.05) is 11.3 Å². The molecular formula is C18H23N5O4S. The molecule has 3 amide bonds. The number of carbonyl (C=O) groups excluding carboxylic acids is 2.